The fourth-order valence-corrected chi connectivity index (χ4v) is 2.54. The summed E-state index contributed by atoms with van der Waals surface area (Å²) in [6.07, 6.45) is 2.00. The van der Waals surface area contributed by atoms with Gasteiger partial charge in [0.25, 0.3) is 11.3 Å². The number of aliphatic hydroxyl groups is 1. The maximum absolute atomic E-state index is 11.8. The SMILES string of the molecule is CC1CN(Cc2cc(=O)n3[nH]cnc3n2)CCC1O. The quantitative estimate of drug-likeness (QED) is 0.771. The van der Waals surface area contributed by atoms with Crippen molar-refractivity contribution in [3.8, 4) is 0 Å². The molecule has 0 aliphatic carbocycles. The fraction of sp³-hybridized carbons (Fsp3) is 0.583. The molecule has 2 atom stereocenters. The van der Waals surface area contributed by atoms with E-state index in [0.29, 0.717) is 12.3 Å². The predicted molar refractivity (Wildman–Crippen MR) is 68.7 cm³/mol. The van der Waals surface area contributed by atoms with Crippen LogP contribution in [0.25, 0.3) is 5.78 Å². The average Bonchev–Trinajstić information content (AvgIpc) is 2.82. The third-order valence-corrected chi connectivity index (χ3v) is 3.65. The van der Waals surface area contributed by atoms with Gasteiger partial charge in [-0.1, -0.05) is 6.92 Å². The van der Waals surface area contributed by atoms with E-state index in [0.717, 1.165) is 25.2 Å². The van der Waals surface area contributed by atoms with Gasteiger partial charge in [-0.25, -0.2) is 9.97 Å². The number of piperidine rings is 1. The van der Waals surface area contributed by atoms with E-state index in [4.69, 9.17) is 0 Å². The second kappa shape index (κ2) is 4.75. The highest BCUT2D eigenvalue weighted by Crippen LogP contribution is 2.17. The number of fused-ring (bicyclic) bond motifs is 1. The van der Waals surface area contributed by atoms with Crippen molar-refractivity contribution in [2.75, 3.05) is 13.1 Å². The molecule has 3 rings (SSSR count). The molecule has 2 N–H and O–H groups in total. The summed E-state index contributed by atoms with van der Waals surface area (Å²) in [5, 5.41) is 12.4. The molecule has 1 aliphatic heterocycles. The zero-order valence-electron chi connectivity index (χ0n) is 10.8. The summed E-state index contributed by atoms with van der Waals surface area (Å²) >= 11 is 0. The van der Waals surface area contributed by atoms with Gasteiger partial charge in [0, 0.05) is 25.7 Å². The van der Waals surface area contributed by atoms with Crippen LogP contribution in [0.2, 0.25) is 0 Å². The summed E-state index contributed by atoms with van der Waals surface area (Å²) in [6, 6.07) is 1.53. The van der Waals surface area contributed by atoms with Crippen molar-refractivity contribution >= 4 is 5.78 Å². The van der Waals surface area contributed by atoms with Crippen LogP contribution in [0.1, 0.15) is 19.0 Å². The van der Waals surface area contributed by atoms with Crippen molar-refractivity contribution < 1.29 is 5.11 Å². The lowest BCUT2D eigenvalue weighted by atomic mass is 9.97. The van der Waals surface area contributed by atoms with Gasteiger partial charge < -0.3 is 5.11 Å². The van der Waals surface area contributed by atoms with E-state index in [1.165, 1.54) is 16.9 Å². The number of nitrogens with zero attached hydrogens (tertiary/aromatic N) is 4. The number of aliphatic hydroxyl groups excluding tert-OH is 1. The molecular formula is C12H17N5O2. The Hall–Kier alpha value is -1.73. The van der Waals surface area contributed by atoms with Gasteiger partial charge in [-0.3, -0.25) is 14.8 Å². The summed E-state index contributed by atoms with van der Waals surface area (Å²) in [4.78, 5) is 22.4. The normalized spacial score (nSPS) is 24.9. The Kier molecular flexibility index (Phi) is 3.08. The maximum atomic E-state index is 11.8. The monoisotopic (exact) mass is 263 g/mol. The molecule has 0 spiro atoms. The van der Waals surface area contributed by atoms with Gasteiger partial charge in [0.2, 0.25) is 0 Å². The first-order valence-corrected chi connectivity index (χ1v) is 6.46. The van der Waals surface area contributed by atoms with E-state index in [-0.39, 0.29) is 17.6 Å². The highest BCUT2D eigenvalue weighted by Gasteiger charge is 2.24. The van der Waals surface area contributed by atoms with E-state index >= 15 is 0 Å². The Balaban J connectivity index is 1.80. The number of likely N-dealkylation sites (tertiary alicyclic amines) is 1. The van der Waals surface area contributed by atoms with Crippen LogP contribution >= 0.6 is 0 Å². The van der Waals surface area contributed by atoms with Crippen molar-refractivity contribution in [2.24, 2.45) is 5.92 Å². The minimum Gasteiger partial charge on any atom is -0.393 e. The molecule has 0 radical (unpaired) electrons. The van der Waals surface area contributed by atoms with E-state index in [9.17, 15) is 9.90 Å². The summed E-state index contributed by atoms with van der Waals surface area (Å²) < 4.78 is 1.31. The largest absolute Gasteiger partial charge is 0.393 e. The fourth-order valence-electron chi connectivity index (χ4n) is 2.54. The van der Waals surface area contributed by atoms with Crippen LogP contribution in [0.4, 0.5) is 0 Å². The Morgan fingerprint density at radius 1 is 1.58 bits per heavy atom. The van der Waals surface area contributed by atoms with Crippen molar-refractivity contribution in [1.82, 2.24) is 24.5 Å². The van der Waals surface area contributed by atoms with Crippen LogP contribution in [-0.2, 0) is 6.54 Å². The molecule has 1 fully saturated rings. The predicted octanol–water partition coefficient (Wildman–Crippen LogP) is -0.380. The van der Waals surface area contributed by atoms with Gasteiger partial charge in [-0.2, -0.15) is 4.52 Å². The van der Waals surface area contributed by atoms with Crippen LogP contribution in [-0.4, -0.2) is 48.8 Å². The Morgan fingerprint density at radius 3 is 3.21 bits per heavy atom. The number of aromatic amines is 1. The zero-order chi connectivity index (χ0) is 13.4. The molecular weight excluding hydrogens is 246 g/mol. The number of hydrogen-bond acceptors (Lipinski definition) is 5. The van der Waals surface area contributed by atoms with Crippen LogP contribution in [0.3, 0.4) is 0 Å². The van der Waals surface area contributed by atoms with Gasteiger partial charge in [0.05, 0.1) is 11.8 Å². The minimum absolute atomic E-state index is 0.150. The molecule has 2 unspecified atom stereocenters. The summed E-state index contributed by atoms with van der Waals surface area (Å²) in [5.74, 6) is 0.650. The Morgan fingerprint density at radius 2 is 2.42 bits per heavy atom. The first-order valence-electron chi connectivity index (χ1n) is 6.46. The summed E-state index contributed by atoms with van der Waals surface area (Å²) in [7, 11) is 0. The number of H-pyrrole nitrogens is 1. The van der Waals surface area contributed by atoms with E-state index in [1.54, 1.807) is 0 Å². The molecule has 0 saturated carbocycles. The van der Waals surface area contributed by atoms with Gasteiger partial charge in [0.15, 0.2) is 0 Å². The molecule has 1 saturated heterocycles. The second-order valence-corrected chi connectivity index (χ2v) is 5.18. The number of nitrogens with one attached hydrogen (secondary N) is 1. The molecule has 7 heteroatoms. The highest BCUT2D eigenvalue weighted by atomic mass is 16.3. The molecule has 19 heavy (non-hydrogen) atoms. The summed E-state index contributed by atoms with van der Waals surface area (Å²) in [6.45, 7) is 4.31. The second-order valence-electron chi connectivity index (χ2n) is 5.18. The molecule has 0 bridgehead atoms. The molecule has 0 aromatic carbocycles. The number of hydrogen-bond donors (Lipinski definition) is 2. The maximum Gasteiger partial charge on any atom is 0.274 e. The first kappa shape index (κ1) is 12.3. The molecule has 102 valence electrons. The lowest BCUT2D eigenvalue weighted by Crippen LogP contribution is -2.41. The molecule has 2 aromatic heterocycles. The smallest absolute Gasteiger partial charge is 0.274 e. The molecule has 7 nitrogen and oxygen atoms in total. The lowest BCUT2D eigenvalue weighted by molar-refractivity contribution is 0.0315. The third-order valence-electron chi connectivity index (χ3n) is 3.65. The first-order chi connectivity index (χ1) is 9.13. The van der Waals surface area contributed by atoms with Gasteiger partial charge >= 0.3 is 0 Å². The van der Waals surface area contributed by atoms with Crippen LogP contribution in [0.15, 0.2) is 17.2 Å². The van der Waals surface area contributed by atoms with Gasteiger partial charge in [0.1, 0.15) is 6.33 Å². The third kappa shape index (κ3) is 2.39. The highest BCUT2D eigenvalue weighted by molar-refractivity contribution is 5.25. The topological polar surface area (TPSA) is 86.5 Å². The van der Waals surface area contributed by atoms with Crippen LogP contribution < -0.4 is 5.56 Å². The van der Waals surface area contributed by atoms with Gasteiger partial charge in [-0.05, 0) is 12.3 Å². The molecule has 1 aliphatic rings. The van der Waals surface area contributed by atoms with Crippen molar-refractivity contribution in [3.63, 3.8) is 0 Å². The average molecular weight is 263 g/mol. The van der Waals surface area contributed by atoms with E-state index in [1.807, 2.05) is 6.92 Å². The summed E-state index contributed by atoms with van der Waals surface area (Å²) in [5.41, 5.74) is 0.572. The Bertz CT molecular complexity index is 634. The van der Waals surface area contributed by atoms with Gasteiger partial charge in [-0.15, -0.1) is 0 Å². The molecule has 3 heterocycles. The van der Waals surface area contributed by atoms with Crippen molar-refractivity contribution in [3.05, 3.63) is 28.4 Å². The lowest BCUT2D eigenvalue weighted by Gasteiger charge is -2.33. The molecule has 2 aromatic rings. The number of aromatic nitrogens is 4. The van der Waals surface area contributed by atoms with Crippen molar-refractivity contribution in [2.45, 2.75) is 26.0 Å². The van der Waals surface area contributed by atoms with E-state index in [2.05, 4.69) is 20.0 Å². The van der Waals surface area contributed by atoms with Crippen LogP contribution in [0.5, 0.6) is 0 Å². The Labute approximate surface area is 109 Å². The van der Waals surface area contributed by atoms with Crippen molar-refractivity contribution in [1.29, 1.82) is 0 Å². The molecule has 0 amide bonds. The van der Waals surface area contributed by atoms with Crippen LogP contribution in [0, 0.1) is 5.92 Å². The number of rotatable bonds is 2. The minimum atomic E-state index is -0.219. The standard InChI is InChI=1S/C12H17N5O2/c1-8-5-16(3-2-10(8)18)6-9-4-11(19)17-12(15-9)13-7-14-17/h4,7-8,10,18H,2-3,5-6H2,1H3,(H,13,14,15). The zero-order valence-corrected chi connectivity index (χ0v) is 10.8. The van der Waals surface area contributed by atoms with E-state index < -0.39 is 0 Å².